The molecule has 1 aromatic rings. The van der Waals surface area contributed by atoms with Gasteiger partial charge < -0.3 is 14.6 Å². The molecule has 0 aliphatic carbocycles. The molecule has 1 aliphatic rings. The second kappa shape index (κ2) is 8.85. The number of phenols is 1. The maximum Gasteiger partial charge on any atom is 0.161 e. The number of morpholine rings is 1. The average Bonchev–Trinajstić information content (AvgIpc) is 2.53. The van der Waals surface area contributed by atoms with Crippen molar-refractivity contribution < 1.29 is 19.4 Å². The summed E-state index contributed by atoms with van der Waals surface area (Å²) in [5.74, 6) is 0.632. The van der Waals surface area contributed by atoms with E-state index in [2.05, 4.69) is 18.7 Å². The van der Waals surface area contributed by atoms with Crippen molar-refractivity contribution in [2.45, 2.75) is 39.4 Å². The number of benzene rings is 1. The van der Waals surface area contributed by atoms with Gasteiger partial charge in [0, 0.05) is 26.1 Å². The number of allylic oxidation sites excluding steroid dienone is 1. The number of ketones is 1. The molecule has 24 heavy (non-hydrogen) atoms. The first-order valence-corrected chi connectivity index (χ1v) is 8.52. The van der Waals surface area contributed by atoms with Gasteiger partial charge in [-0.1, -0.05) is 12.1 Å². The molecule has 1 heterocycles. The number of carbonyl (C=O) groups is 1. The van der Waals surface area contributed by atoms with Crippen molar-refractivity contribution in [2.24, 2.45) is 0 Å². The summed E-state index contributed by atoms with van der Waals surface area (Å²) in [5, 5.41) is 9.68. The highest BCUT2D eigenvalue weighted by Crippen LogP contribution is 2.27. The lowest BCUT2D eigenvalue weighted by molar-refractivity contribution is -0.116. The Bertz CT molecular complexity index is 575. The van der Waals surface area contributed by atoms with Crippen LogP contribution in [0, 0.1) is 0 Å². The highest BCUT2D eigenvalue weighted by molar-refractivity contribution is 5.93. The van der Waals surface area contributed by atoms with Crippen LogP contribution in [0.3, 0.4) is 0 Å². The van der Waals surface area contributed by atoms with Crippen LogP contribution in [-0.4, -0.2) is 54.2 Å². The van der Waals surface area contributed by atoms with Crippen LogP contribution in [0.4, 0.5) is 0 Å². The molecule has 5 heteroatoms. The molecule has 132 valence electrons. The molecule has 1 saturated heterocycles. The van der Waals surface area contributed by atoms with Crippen molar-refractivity contribution in [3.05, 3.63) is 29.8 Å². The number of hydrogen-bond acceptors (Lipinski definition) is 5. The normalized spacial score (nSPS) is 22.0. The number of nitrogens with zero attached hydrogens (tertiary/aromatic N) is 1. The van der Waals surface area contributed by atoms with Gasteiger partial charge in [0.1, 0.15) is 0 Å². The van der Waals surface area contributed by atoms with Crippen LogP contribution in [0.1, 0.15) is 32.8 Å². The Morgan fingerprint density at radius 3 is 2.75 bits per heavy atom. The number of aromatic hydroxyl groups is 1. The SMILES string of the molecule is CCOc1cc(C=CC(=O)CCN2CC(C)OC(C)C2)ccc1O. The van der Waals surface area contributed by atoms with Crippen LogP contribution >= 0.6 is 0 Å². The predicted octanol–water partition coefficient (Wildman–Crippen LogP) is 2.87. The van der Waals surface area contributed by atoms with Gasteiger partial charge in [-0.25, -0.2) is 0 Å². The summed E-state index contributed by atoms with van der Waals surface area (Å²) in [6, 6.07) is 5.06. The molecule has 0 amide bonds. The van der Waals surface area contributed by atoms with Crippen molar-refractivity contribution in [1.29, 1.82) is 0 Å². The zero-order chi connectivity index (χ0) is 17.5. The second-order valence-electron chi connectivity index (χ2n) is 6.23. The predicted molar refractivity (Wildman–Crippen MR) is 94.4 cm³/mol. The van der Waals surface area contributed by atoms with Crippen LogP contribution in [-0.2, 0) is 9.53 Å². The lowest BCUT2D eigenvalue weighted by atomic mass is 10.1. The van der Waals surface area contributed by atoms with Gasteiger partial charge in [0.2, 0.25) is 0 Å². The molecule has 2 atom stereocenters. The topological polar surface area (TPSA) is 59.0 Å². The largest absolute Gasteiger partial charge is 0.504 e. The minimum atomic E-state index is 0.0906. The van der Waals surface area contributed by atoms with Crippen molar-refractivity contribution in [2.75, 3.05) is 26.2 Å². The zero-order valence-corrected chi connectivity index (χ0v) is 14.7. The van der Waals surface area contributed by atoms with E-state index in [0.717, 1.165) is 25.2 Å². The summed E-state index contributed by atoms with van der Waals surface area (Å²) in [6.45, 7) is 8.96. The third-order valence-corrected chi connectivity index (χ3v) is 3.92. The lowest BCUT2D eigenvalue weighted by Crippen LogP contribution is -2.45. The van der Waals surface area contributed by atoms with Crippen molar-refractivity contribution in [3.63, 3.8) is 0 Å². The van der Waals surface area contributed by atoms with Crippen LogP contribution in [0.15, 0.2) is 24.3 Å². The van der Waals surface area contributed by atoms with Gasteiger partial charge in [-0.05, 0) is 44.5 Å². The van der Waals surface area contributed by atoms with E-state index in [-0.39, 0.29) is 23.7 Å². The molecule has 5 nitrogen and oxygen atoms in total. The Hall–Kier alpha value is -1.85. The van der Waals surface area contributed by atoms with Crippen LogP contribution in [0.2, 0.25) is 0 Å². The number of ether oxygens (including phenoxy) is 2. The van der Waals surface area contributed by atoms with Crippen molar-refractivity contribution in [1.82, 2.24) is 4.90 Å². The molecular weight excluding hydrogens is 306 g/mol. The lowest BCUT2D eigenvalue weighted by Gasteiger charge is -2.35. The number of hydrogen-bond donors (Lipinski definition) is 1. The van der Waals surface area contributed by atoms with E-state index in [1.165, 1.54) is 0 Å². The average molecular weight is 333 g/mol. The molecular formula is C19H27NO4. The molecule has 0 spiro atoms. The van der Waals surface area contributed by atoms with Gasteiger partial charge in [0.05, 0.1) is 18.8 Å². The van der Waals surface area contributed by atoms with Gasteiger partial charge >= 0.3 is 0 Å². The zero-order valence-electron chi connectivity index (χ0n) is 14.7. The fourth-order valence-corrected chi connectivity index (χ4v) is 2.91. The van der Waals surface area contributed by atoms with Crippen LogP contribution in [0.25, 0.3) is 6.08 Å². The van der Waals surface area contributed by atoms with Gasteiger partial charge in [0.15, 0.2) is 17.3 Å². The summed E-state index contributed by atoms with van der Waals surface area (Å²) in [7, 11) is 0. The van der Waals surface area contributed by atoms with Gasteiger partial charge in [0.25, 0.3) is 0 Å². The Balaban J connectivity index is 1.85. The van der Waals surface area contributed by atoms with Crippen LogP contribution in [0.5, 0.6) is 11.5 Å². The Kier molecular flexibility index (Phi) is 6.82. The Labute approximate surface area is 143 Å². The molecule has 0 bridgehead atoms. The van der Waals surface area contributed by atoms with Gasteiger partial charge in [-0.15, -0.1) is 0 Å². The summed E-state index contributed by atoms with van der Waals surface area (Å²) < 4.78 is 11.0. The van der Waals surface area contributed by atoms with E-state index >= 15 is 0 Å². The molecule has 0 aromatic heterocycles. The molecule has 1 aliphatic heterocycles. The van der Waals surface area contributed by atoms with Gasteiger partial charge in [-0.3, -0.25) is 9.69 Å². The monoisotopic (exact) mass is 333 g/mol. The first kappa shape index (κ1) is 18.5. The maximum absolute atomic E-state index is 12.1. The van der Waals surface area contributed by atoms with Crippen molar-refractivity contribution in [3.8, 4) is 11.5 Å². The van der Waals surface area contributed by atoms with E-state index in [0.29, 0.717) is 18.8 Å². The first-order chi connectivity index (χ1) is 11.5. The summed E-state index contributed by atoms with van der Waals surface area (Å²) in [6.07, 6.45) is 4.28. The molecule has 1 fully saturated rings. The van der Waals surface area contributed by atoms with Crippen LogP contribution < -0.4 is 4.74 Å². The fourth-order valence-electron chi connectivity index (χ4n) is 2.91. The second-order valence-corrected chi connectivity index (χ2v) is 6.23. The van der Waals surface area contributed by atoms with E-state index in [1.807, 2.05) is 6.92 Å². The maximum atomic E-state index is 12.1. The van der Waals surface area contributed by atoms with E-state index in [9.17, 15) is 9.90 Å². The minimum absolute atomic E-state index is 0.0906. The molecule has 2 unspecified atom stereocenters. The van der Waals surface area contributed by atoms with Crippen molar-refractivity contribution >= 4 is 11.9 Å². The summed E-state index contributed by atoms with van der Waals surface area (Å²) in [5.41, 5.74) is 0.832. The number of carbonyl (C=O) groups excluding carboxylic acids is 1. The van der Waals surface area contributed by atoms with E-state index in [4.69, 9.17) is 9.47 Å². The summed E-state index contributed by atoms with van der Waals surface area (Å²) in [4.78, 5) is 14.4. The highest BCUT2D eigenvalue weighted by atomic mass is 16.5. The third-order valence-electron chi connectivity index (χ3n) is 3.92. The molecule has 2 rings (SSSR count). The third kappa shape index (κ3) is 5.65. The number of rotatable bonds is 7. The molecule has 1 N–H and O–H groups in total. The minimum Gasteiger partial charge on any atom is -0.504 e. The Morgan fingerprint density at radius 1 is 1.38 bits per heavy atom. The summed E-state index contributed by atoms with van der Waals surface area (Å²) >= 11 is 0. The quantitative estimate of drug-likeness (QED) is 0.778. The van der Waals surface area contributed by atoms with E-state index < -0.39 is 0 Å². The first-order valence-electron chi connectivity index (χ1n) is 8.52. The van der Waals surface area contributed by atoms with E-state index in [1.54, 1.807) is 30.4 Å². The molecule has 1 aromatic carbocycles. The number of phenolic OH excluding ortho intramolecular Hbond substituents is 1. The Morgan fingerprint density at radius 2 is 2.08 bits per heavy atom. The fraction of sp³-hybridized carbons (Fsp3) is 0.526. The molecule has 0 saturated carbocycles. The smallest absolute Gasteiger partial charge is 0.161 e. The molecule has 0 radical (unpaired) electrons. The highest BCUT2D eigenvalue weighted by Gasteiger charge is 2.21. The van der Waals surface area contributed by atoms with Gasteiger partial charge in [-0.2, -0.15) is 0 Å². The standard InChI is InChI=1S/C19H27NO4/c1-4-23-19-11-16(6-8-18(19)22)5-7-17(21)9-10-20-12-14(2)24-15(3)13-20/h5-8,11,14-15,22H,4,9-10,12-13H2,1-3H3.